The maximum Gasteiger partial charge on any atom is 0.243 e. The van der Waals surface area contributed by atoms with E-state index in [9.17, 15) is 0 Å². The zero-order chi connectivity index (χ0) is 14.5. The largest absolute Gasteiger partial charge is 0.348 e. The van der Waals surface area contributed by atoms with E-state index >= 15 is 0 Å². The molecular formula is C15H23N5O. The van der Waals surface area contributed by atoms with Crippen LogP contribution >= 0.6 is 0 Å². The van der Waals surface area contributed by atoms with Gasteiger partial charge >= 0.3 is 0 Å². The lowest BCUT2D eigenvalue weighted by Gasteiger charge is -2.15. The molecule has 6 nitrogen and oxygen atoms in total. The molecule has 0 bridgehead atoms. The Morgan fingerprint density at radius 1 is 1.24 bits per heavy atom. The van der Waals surface area contributed by atoms with E-state index in [0.717, 1.165) is 24.4 Å². The van der Waals surface area contributed by atoms with Gasteiger partial charge in [-0.15, -0.1) is 0 Å². The van der Waals surface area contributed by atoms with Crippen LogP contribution in [-0.4, -0.2) is 20.1 Å². The summed E-state index contributed by atoms with van der Waals surface area (Å²) in [6.45, 7) is 0. The van der Waals surface area contributed by atoms with Crippen molar-refractivity contribution in [2.24, 2.45) is 5.73 Å². The number of aromatic nitrogens is 4. The summed E-state index contributed by atoms with van der Waals surface area (Å²) < 4.78 is 5.38. The maximum atomic E-state index is 6.14. The second kappa shape index (κ2) is 6.85. The van der Waals surface area contributed by atoms with Gasteiger partial charge < -0.3 is 15.2 Å². The molecule has 1 saturated carbocycles. The van der Waals surface area contributed by atoms with Crippen LogP contribution in [0.1, 0.15) is 74.3 Å². The fourth-order valence-electron chi connectivity index (χ4n) is 3.00. The van der Waals surface area contributed by atoms with Gasteiger partial charge in [0.2, 0.25) is 5.89 Å². The zero-order valence-electron chi connectivity index (χ0n) is 12.3. The average molecular weight is 289 g/mol. The third-order valence-corrected chi connectivity index (χ3v) is 4.24. The smallest absolute Gasteiger partial charge is 0.243 e. The van der Waals surface area contributed by atoms with E-state index in [1.54, 1.807) is 12.5 Å². The molecule has 0 amide bonds. The lowest BCUT2D eigenvalue weighted by Crippen LogP contribution is -2.14. The van der Waals surface area contributed by atoms with Gasteiger partial charge in [0.05, 0.1) is 12.4 Å². The van der Waals surface area contributed by atoms with E-state index in [1.807, 2.05) is 0 Å². The van der Waals surface area contributed by atoms with Crippen LogP contribution in [0.4, 0.5) is 0 Å². The first-order chi connectivity index (χ1) is 10.3. The Labute approximate surface area is 124 Å². The van der Waals surface area contributed by atoms with Crippen molar-refractivity contribution in [1.82, 2.24) is 20.1 Å². The van der Waals surface area contributed by atoms with Gasteiger partial charge in [-0.3, -0.25) is 0 Å². The van der Waals surface area contributed by atoms with Crippen LogP contribution in [0.2, 0.25) is 0 Å². The normalized spacial score (nSPS) is 19.1. The highest BCUT2D eigenvalue weighted by atomic mass is 16.5. The van der Waals surface area contributed by atoms with Crippen molar-refractivity contribution in [3.05, 3.63) is 29.9 Å². The molecule has 0 spiro atoms. The van der Waals surface area contributed by atoms with Crippen molar-refractivity contribution in [2.75, 3.05) is 0 Å². The first kappa shape index (κ1) is 14.3. The molecule has 1 fully saturated rings. The molecule has 2 aromatic heterocycles. The summed E-state index contributed by atoms with van der Waals surface area (Å²) in [5.41, 5.74) is 7.12. The number of nitrogens with two attached hydrogens (primary N) is 1. The molecule has 2 heterocycles. The second-order valence-corrected chi connectivity index (χ2v) is 5.92. The number of aromatic amines is 1. The van der Waals surface area contributed by atoms with Gasteiger partial charge in [-0.25, -0.2) is 4.98 Å². The van der Waals surface area contributed by atoms with Gasteiger partial charge in [0.25, 0.3) is 0 Å². The third kappa shape index (κ3) is 3.69. The summed E-state index contributed by atoms with van der Waals surface area (Å²) >= 11 is 0. The van der Waals surface area contributed by atoms with Crippen molar-refractivity contribution < 1.29 is 4.52 Å². The fourth-order valence-corrected chi connectivity index (χ4v) is 3.00. The summed E-state index contributed by atoms with van der Waals surface area (Å²) in [4.78, 5) is 11.6. The van der Waals surface area contributed by atoms with Gasteiger partial charge in [0.15, 0.2) is 5.82 Å². The Kier molecular flexibility index (Phi) is 4.65. The molecule has 114 valence electrons. The number of nitrogens with zero attached hydrogens (tertiary/aromatic N) is 3. The van der Waals surface area contributed by atoms with E-state index in [-0.39, 0.29) is 6.04 Å². The number of H-pyrrole nitrogens is 1. The van der Waals surface area contributed by atoms with Crippen LogP contribution in [0.15, 0.2) is 17.0 Å². The highest BCUT2D eigenvalue weighted by Gasteiger charge is 2.22. The minimum Gasteiger partial charge on any atom is -0.348 e. The van der Waals surface area contributed by atoms with Crippen LogP contribution < -0.4 is 5.73 Å². The molecule has 0 aliphatic heterocycles. The van der Waals surface area contributed by atoms with Crippen molar-refractivity contribution in [3.63, 3.8) is 0 Å². The molecular weight excluding hydrogens is 266 g/mol. The molecule has 1 aliphatic carbocycles. The first-order valence-electron chi connectivity index (χ1n) is 7.89. The van der Waals surface area contributed by atoms with E-state index in [2.05, 4.69) is 20.1 Å². The highest BCUT2D eigenvalue weighted by Crippen LogP contribution is 2.29. The number of nitrogens with one attached hydrogen (secondary N) is 1. The molecule has 21 heavy (non-hydrogen) atoms. The molecule has 0 aromatic carbocycles. The predicted molar refractivity (Wildman–Crippen MR) is 78.6 cm³/mol. The number of imidazole rings is 1. The molecule has 3 rings (SSSR count). The molecule has 0 unspecified atom stereocenters. The summed E-state index contributed by atoms with van der Waals surface area (Å²) in [6, 6.07) is -0.278. The minimum atomic E-state index is -0.278. The van der Waals surface area contributed by atoms with Crippen LogP contribution in [0.5, 0.6) is 0 Å². The average Bonchev–Trinajstić information content (AvgIpc) is 3.09. The second-order valence-electron chi connectivity index (χ2n) is 5.92. The van der Waals surface area contributed by atoms with Crippen molar-refractivity contribution in [3.8, 4) is 0 Å². The van der Waals surface area contributed by atoms with Crippen LogP contribution in [-0.2, 0) is 6.42 Å². The van der Waals surface area contributed by atoms with Crippen molar-refractivity contribution in [1.29, 1.82) is 0 Å². The maximum absolute atomic E-state index is 6.14. The number of rotatable bonds is 4. The zero-order valence-corrected chi connectivity index (χ0v) is 12.3. The van der Waals surface area contributed by atoms with E-state index in [0.29, 0.717) is 18.2 Å². The van der Waals surface area contributed by atoms with Gasteiger partial charge in [-0.1, -0.05) is 37.3 Å². The van der Waals surface area contributed by atoms with Gasteiger partial charge in [-0.05, 0) is 12.8 Å². The number of hydrogen-bond acceptors (Lipinski definition) is 5. The summed E-state index contributed by atoms with van der Waals surface area (Å²) in [7, 11) is 0. The Morgan fingerprint density at radius 2 is 2.00 bits per heavy atom. The fraction of sp³-hybridized carbons (Fsp3) is 0.667. The summed E-state index contributed by atoms with van der Waals surface area (Å²) in [5.74, 6) is 1.80. The highest BCUT2D eigenvalue weighted by molar-refractivity contribution is 5.04. The number of hydrogen-bond donors (Lipinski definition) is 2. The predicted octanol–water partition coefficient (Wildman–Crippen LogP) is 2.86. The first-order valence-corrected chi connectivity index (χ1v) is 7.89. The Bertz CT molecular complexity index is 528. The van der Waals surface area contributed by atoms with Crippen LogP contribution in [0.25, 0.3) is 0 Å². The molecule has 0 radical (unpaired) electrons. The SMILES string of the molecule is N[C@@H](Cc1cnc[nH]1)c1nc(C2CCCCCCC2)no1. The Morgan fingerprint density at radius 3 is 2.71 bits per heavy atom. The molecule has 1 atom stereocenters. The monoisotopic (exact) mass is 289 g/mol. The van der Waals surface area contributed by atoms with Gasteiger partial charge in [0.1, 0.15) is 0 Å². The van der Waals surface area contributed by atoms with Gasteiger partial charge in [-0.2, -0.15) is 4.98 Å². The van der Waals surface area contributed by atoms with E-state index in [1.165, 1.54) is 32.1 Å². The quantitative estimate of drug-likeness (QED) is 0.902. The van der Waals surface area contributed by atoms with Gasteiger partial charge in [0, 0.05) is 24.2 Å². The molecule has 3 N–H and O–H groups in total. The molecule has 0 saturated heterocycles. The van der Waals surface area contributed by atoms with E-state index in [4.69, 9.17) is 10.3 Å². The summed E-state index contributed by atoms with van der Waals surface area (Å²) in [6.07, 6.45) is 12.9. The van der Waals surface area contributed by atoms with Crippen LogP contribution in [0, 0.1) is 0 Å². The lowest BCUT2D eigenvalue weighted by atomic mass is 9.91. The molecule has 1 aliphatic rings. The van der Waals surface area contributed by atoms with Crippen LogP contribution in [0.3, 0.4) is 0 Å². The van der Waals surface area contributed by atoms with E-state index < -0.39 is 0 Å². The molecule has 6 heteroatoms. The Hall–Kier alpha value is -1.69. The van der Waals surface area contributed by atoms with Crippen molar-refractivity contribution in [2.45, 2.75) is 63.3 Å². The van der Waals surface area contributed by atoms with Crippen molar-refractivity contribution >= 4 is 0 Å². The topological polar surface area (TPSA) is 93.6 Å². The summed E-state index contributed by atoms with van der Waals surface area (Å²) in [5, 5.41) is 4.17. The lowest BCUT2D eigenvalue weighted by molar-refractivity contribution is 0.342. The Balaban J connectivity index is 1.64. The standard InChI is InChI=1S/C15H23N5O/c16-13(8-12-9-17-10-18-12)15-19-14(20-21-15)11-6-4-2-1-3-5-7-11/h9-11,13H,1-8,16H2,(H,17,18)/t13-/m0/s1. The minimum absolute atomic E-state index is 0.278. The molecule has 2 aromatic rings. The third-order valence-electron chi connectivity index (χ3n) is 4.24.